The van der Waals surface area contributed by atoms with Crippen molar-refractivity contribution in [3.63, 3.8) is 0 Å². The van der Waals surface area contributed by atoms with Crippen molar-refractivity contribution >= 4 is 23.7 Å². The van der Waals surface area contributed by atoms with Gasteiger partial charge in [-0.15, -0.1) is 0 Å². The number of carbonyl (C=O) groups is 3. The maximum absolute atomic E-state index is 13.1. The van der Waals surface area contributed by atoms with Crippen LogP contribution in [0.5, 0.6) is 0 Å². The van der Waals surface area contributed by atoms with Gasteiger partial charge in [0.2, 0.25) is 5.60 Å². The van der Waals surface area contributed by atoms with Crippen molar-refractivity contribution in [2.75, 3.05) is 4.90 Å². The minimum atomic E-state index is -1.57. The summed E-state index contributed by atoms with van der Waals surface area (Å²) >= 11 is 0. The average molecular weight is 329 g/mol. The zero-order chi connectivity index (χ0) is 17.9. The first-order chi connectivity index (χ1) is 11.1. The van der Waals surface area contributed by atoms with Gasteiger partial charge in [0.25, 0.3) is 5.91 Å². The zero-order valence-corrected chi connectivity index (χ0v) is 14.3. The van der Waals surface area contributed by atoms with Gasteiger partial charge in [0.15, 0.2) is 0 Å². The Bertz CT molecular complexity index is 802. The molecule has 2 heterocycles. The summed E-state index contributed by atoms with van der Waals surface area (Å²) in [6.07, 6.45) is -0.787. The molecule has 0 aromatic heterocycles. The highest BCUT2D eigenvalue weighted by atomic mass is 16.6. The number of hydrogen-bond donors (Lipinski definition) is 0. The molecule has 0 saturated carbocycles. The summed E-state index contributed by atoms with van der Waals surface area (Å²) < 4.78 is 10.8. The van der Waals surface area contributed by atoms with Crippen LogP contribution in [0.2, 0.25) is 0 Å². The summed E-state index contributed by atoms with van der Waals surface area (Å²) in [4.78, 5) is 38.7. The average Bonchev–Trinajstić information content (AvgIpc) is 2.86. The van der Waals surface area contributed by atoms with Crippen LogP contribution < -0.4 is 4.90 Å². The van der Waals surface area contributed by atoms with E-state index in [1.54, 1.807) is 58.9 Å². The Balaban J connectivity index is 2.16. The highest BCUT2D eigenvalue weighted by molar-refractivity contribution is 6.23. The summed E-state index contributed by atoms with van der Waals surface area (Å²) in [7, 11) is 0. The number of rotatable bonds is 0. The fourth-order valence-corrected chi connectivity index (χ4v) is 3.01. The number of fused-ring (bicyclic) bond motifs is 2. The highest BCUT2D eigenvalue weighted by Gasteiger charge is 2.61. The van der Waals surface area contributed by atoms with Crippen molar-refractivity contribution < 1.29 is 23.9 Å². The SMILES string of the molecule is CC1=C(C)C2(OC1=O)C(=O)N(C(=O)OC(C)(C)C)c1ccccc12. The minimum Gasteiger partial charge on any atom is -0.443 e. The molecule has 0 aliphatic carbocycles. The number of benzene rings is 1. The third-order valence-electron chi connectivity index (χ3n) is 4.25. The van der Waals surface area contributed by atoms with Gasteiger partial charge in [-0.1, -0.05) is 18.2 Å². The number of para-hydroxylation sites is 1. The lowest BCUT2D eigenvalue weighted by atomic mass is 9.87. The van der Waals surface area contributed by atoms with E-state index in [2.05, 4.69) is 0 Å². The van der Waals surface area contributed by atoms with E-state index in [0.717, 1.165) is 4.90 Å². The van der Waals surface area contributed by atoms with Gasteiger partial charge in [0.05, 0.1) is 5.69 Å². The smallest absolute Gasteiger partial charge is 0.421 e. The maximum Gasteiger partial charge on any atom is 0.421 e. The summed E-state index contributed by atoms with van der Waals surface area (Å²) in [5.74, 6) is -1.18. The summed E-state index contributed by atoms with van der Waals surface area (Å²) in [6, 6.07) is 6.78. The lowest BCUT2D eigenvalue weighted by Crippen LogP contribution is -2.46. The largest absolute Gasteiger partial charge is 0.443 e. The second-order valence-corrected chi connectivity index (χ2v) is 6.96. The van der Waals surface area contributed by atoms with E-state index in [9.17, 15) is 14.4 Å². The van der Waals surface area contributed by atoms with Crippen LogP contribution in [0.25, 0.3) is 0 Å². The second kappa shape index (κ2) is 4.93. The first kappa shape index (κ1) is 16.2. The van der Waals surface area contributed by atoms with Crippen molar-refractivity contribution in [3.05, 3.63) is 41.0 Å². The van der Waals surface area contributed by atoms with Crippen molar-refractivity contribution in [1.29, 1.82) is 0 Å². The standard InChI is InChI=1S/C18H19NO5/c1-10-11(2)18(23-14(10)20)12-8-6-7-9-13(12)19(15(18)21)16(22)24-17(3,4)5/h6-9H,1-5H3. The van der Waals surface area contributed by atoms with Crippen LogP contribution in [0.15, 0.2) is 35.4 Å². The fourth-order valence-electron chi connectivity index (χ4n) is 3.01. The predicted molar refractivity (Wildman–Crippen MR) is 86.3 cm³/mol. The Labute approximate surface area is 140 Å². The Kier molecular flexibility index (Phi) is 3.34. The Hall–Kier alpha value is -2.63. The van der Waals surface area contributed by atoms with Gasteiger partial charge in [-0.05, 0) is 46.3 Å². The van der Waals surface area contributed by atoms with Gasteiger partial charge in [-0.3, -0.25) is 4.79 Å². The molecule has 126 valence electrons. The molecule has 2 aliphatic heterocycles. The monoisotopic (exact) mass is 329 g/mol. The Morgan fingerprint density at radius 1 is 1.17 bits per heavy atom. The zero-order valence-electron chi connectivity index (χ0n) is 14.3. The number of imide groups is 1. The summed E-state index contributed by atoms with van der Waals surface area (Å²) in [5.41, 5.74) is -0.605. The first-order valence-corrected chi connectivity index (χ1v) is 7.68. The predicted octanol–water partition coefficient (Wildman–Crippen LogP) is 3.06. The molecule has 0 radical (unpaired) electrons. The van der Waals surface area contributed by atoms with Crippen LogP contribution in [-0.4, -0.2) is 23.6 Å². The van der Waals surface area contributed by atoms with Crippen LogP contribution in [0.3, 0.4) is 0 Å². The van der Waals surface area contributed by atoms with Gasteiger partial charge in [0, 0.05) is 11.1 Å². The van der Waals surface area contributed by atoms with Crippen LogP contribution in [0, 0.1) is 0 Å². The number of anilines is 1. The van der Waals surface area contributed by atoms with Crippen molar-refractivity contribution in [2.24, 2.45) is 0 Å². The molecule has 6 heteroatoms. The molecule has 0 N–H and O–H groups in total. The number of hydrogen-bond acceptors (Lipinski definition) is 5. The number of amides is 2. The molecule has 3 rings (SSSR count). The van der Waals surface area contributed by atoms with Gasteiger partial charge in [0.1, 0.15) is 5.60 Å². The molecule has 0 bridgehead atoms. The normalized spacial score (nSPS) is 23.0. The molecule has 1 unspecified atom stereocenters. The Morgan fingerprint density at radius 2 is 1.79 bits per heavy atom. The molecule has 1 aromatic rings. The van der Waals surface area contributed by atoms with Gasteiger partial charge in [-0.25, -0.2) is 14.5 Å². The maximum atomic E-state index is 13.1. The minimum absolute atomic E-state index is 0.374. The molecule has 6 nitrogen and oxygen atoms in total. The van der Waals surface area contributed by atoms with E-state index in [1.165, 1.54) is 0 Å². The van der Waals surface area contributed by atoms with Crippen LogP contribution in [-0.2, 0) is 24.7 Å². The topological polar surface area (TPSA) is 72.9 Å². The van der Waals surface area contributed by atoms with Crippen LogP contribution >= 0.6 is 0 Å². The van der Waals surface area contributed by atoms with E-state index in [-0.39, 0.29) is 0 Å². The van der Waals surface area contributed by atoms with E-state index >= 15 is 0 Å². The van der Waals surface area contributed by atoms with E-state index in [1.807, 2.05) is 0 Å². The molecule has 1 spiro atoms. The molecule has 1 aromatic carbocycles. The number of ether oxygens (including phenoxy) is 2. The molecule has 2 amide bonds. The van der Waals surface area contributed by atoms with Gasteiger partial charge < -0.3 is 9.47 Å². The first-order valence-electron chi connectivity index (χ1n) is 7.68. The van der Waals surface area contributed by atoms with Crippen LogP contribution in [0.1, 0.15) is 40.2 Å². The molecule has 24 heavy (non-hydrogen) atoms. The quantitative estimate of drug-likeness (QED) is 0.684. The van der Waals surface area contributed by atoms with Crippen molar-refractivity contribution in [3.8, 4) is 0 Å². The van der Waals surface area contributed by atoms with Gasteiger partial charge in [-0.2, -0.15) is 0 Å². The number of nitrogens with zero attached hydrogens (tertiary/aromatic N) is 1. The lowest BCUT2D eigenvalue weighted by Gasteiger charge is -2.26. The molecular weight excluding hydrogens is 310 g/mol. The fraction of sp³-hybridized carbons (Fsp3) is 0.389. The van der Waals surface area contributed by atoms with Crippen molar-refractivity contribution in [1.82, 2.24) is 0 Å². The molecule has 1 atom stereocenters. The Morgan fingerprint density at radius 3 is 2.33 bits per heavy atom. The molecular formula is C18H19NO5. The van der Waals surface area contributed by atoms with Crippen molar-refractivity contribution in [2.45, 2.75) is 45.8 Å². The number of carbonyl (C=O) groups excluding carboxylic acids is 3. The van der Waals surface area contributed by atoms with Gasteiger partial charge >= 0.3 is 12.1 Å². The van der Waals surface area contributed by atoms with Crippen LogP contribution in [0.4, 0.5) is 10.5 Å². The molecule has 0 fully saturated rings. The van der Waals surface area contributed by atoms with E-state index in [4.69, 9.17) is 9.47 Å². The molecule has 2 aliphatic rings. The highest BCUT2D eigenvalue weighted by Crippen LogP contribution is 2.51. The lowest BCUT2D eigenvalue weighted by molar-refractivity contribution is -0.155. The summed E-state index contributed by atoms with van der Waals surface area (Å²) in [5, 5.41) is 0. The summed E-state index contributed by atoms with van der Waals surface area (Å²) in [6.45, 7) is 8.44. The third kappa shape index (κ3) is 2.06. The number of esters is 1. The third-order valence-corrected chi connectivity index (χ3v) is 4.25. The van der Waals surface area contributed by atoms with E-state index in [0.29, 0.717) is 22.4 Å². The second-order valence-electron chi connectivity index (χ2n) is 6.96. The van der Waals surface area contributed by atoms with E-state index < -0.39 is 29.2 Å². The molecule has 0 saturated heterocycles.